The summed E-state index contributed by atoms with van der Waals surface area (Å²) in [5.74, 6) is 1.02. The van der Waals surface area contributed by atoms with Crippen molar-refractivity contribution in [3.63, 3.8) is 0 Å². The molecule has 6 rings (SSSR count). The number of anilines is 1. The van der Waals surface area contributed by atoms with Gasteiger partial charge in [-0.05, 0) is 50.1 Å². The number of rotatable bonds is 9. The van der Waals surface area contributed by atoms with Gasteiger partial charge >= 0.3 is 0 Å². The summed E-state index contributed by atoms with van der Waals surface area (Å²) in [6.45, 7) is 2.27. The second-order valence-electron chi connectivity index (χ2n) is 9.90. The van der Waals surface area contributed by atoms with Gasteiger partial charge in [0.1, 0.15) is 23.9 Å². The number of ether oxygens (including phenoxy) is 3. The highest BCUT2D eigenvalue weighted by Crippen LogP contribution is 2.40. The molecule has 1 saturated carbocycles. The van der Waals surface area contributed by atoms with E-state index in [0.29, 0.717) is 40.6 Å². The Labute approximate surface area is 231 Å². The number of fused-ring (bicyclic) bond motifs is 2. The van der Waals surface area contributed by atoms with Gasteiger partial charge in [-0.2, -0.15) is 0 Å². The number of hydrogen-bond donors (Lipinski definition) is 1. The van der Waals surface area contributed by atoms with Crippen molar-refractivity contribution in [3.05, 3.63) is 72.3 Å². The van der Waals surface area contributed by atoms with Crippen LogP contribution in [0.25, 0.3) is 11.0 Å². The van der Waals surface area contributed by atoms with Crippen LogP contribution in [-0.2, 0) is 16.1 Å². The molecular formula is C30H31N5O5. The van der Waals surface area contributed by atoms with Gasteiger partial charge in [0.2, 0.25) is 18.6 Å². The van der Waals surface area contributed by atoms with Gasteiger partial charge in [-0.1, -0.05) is 48.4 Å². The molecule has 1 aliphatic heterocycles. The number of para-hydroxylation sites is 2. The van der Waals surface area contributed by atoms with E-state index >= 15 is 0 Å². The van der Waals surface area contributed by atoms with Crippen molar-refractivity contribution in [1.29, 1.82) is 0 Å². The van der Waals surface area contributed by atoms with Crippen LogP contribution in [0.2, 0.25) is 0 Å². The molecule has 1 N–H and O–H groups in total. The van der Waals surface area contributed by atoms with Gasteiger partial charge in [0.05, 0.1) is 12.1 Å². The summed E-state index contributed by atoms with van der Waals surface area (Å²) in [6, 6.07) is 19.1. The maximum Gasteiger partial charge on any atom is 0.249 e. The normalized spacial score (nSPS) is 15.2. The molecule has 1 fully saturated rings. The minimum absolute atomic E-state index is 0.0576. The lowest BCUT2D eigenvalue weighted by atomic mass is 10.0. The minimum Gasteiger partial charge on any atom is -0.493 e. The second kappa shape index (κ2) is 11.3. The maximum atomic E-state index is 14.3. The molecule has 0 radical (unpaired) electrons. The molecule has 0 saturated heterocycles. The standard InChI is InChI=1S/C30H31N5O5/c1-2-38-25-14-8-5-11-22(25)29(30(37)31-20-9-3-4-10-20)35(21-15-16-26-27(17-21)40-19-39-26)28(36)18-34-24-13-7-6-12-23(24)32-33-34/h5-8,11-17,20,29H,2-4,9-10,18-19H2,1H3,(H,31,37). The van der Waals surface area contributed by atoms with E-state index in [0.717, 1.165) is 31.2 Å². The van der Waals surface area contributed by atoms with E-state index in [4.69, 9.17) is 14.2 Å². The average Bonchev–Trinajstić information content (AvgIpc) is 3.74. The third-order valence-corrected chi connectivity index (χ3v) is 7.33. The van der Waals surface area contributed by atoms with E-state index < -0.39 is 6.04 Å². The van der Waals surface area contributed by atoms with Crippen LogP contribution in [0.5, 0.6) is 17.2 Å². The van der Waals surface area contributed by atoms with E-state index in [1.165, 1.54) is 4.90 Å². The molecule has 1 aromatic heterocycles. The number of carbonyl (C=O) groups excluding carboxylic acids is 2. The van der Waals surface area contributed by atoms with E-state index in [9.17, 15) is 9.59 Å². The third kappa shape index (κ3) is 5.04. The van der Waals surface area contributed by atoms with Crippen LogP contribution >= 0.6 is 0 Å². The number of hydrogen-bond acceptors (Lipinski definition) is 7. The van der Waals surface area contributed by atoms with Gasteiger partial charge in [0.25, 0.3) is 0 Å². The van der Waals surface area contributed by atoms with Crippen molar-refractivity contribution < 1.29 is 23.8 Å². The van der Waals surface area contributed by atoms with Gasteiger partial charge in [-0.3, -0.25) is 14.5 Å². The van der Waals surface area contributed by atoms with Gasteiger partial charge in [-0.15, -0.1) is 5.10 Å². The van der Waals surface area contributed by atoms with Gasteiger partial charge < -0.3 is 19.5 Å². The number of nitrogens with zero attached hydrogens (tertiary/aromatic N) is 4. The van der Waals surface area contributed by atoms with Crippen LogP contribution in [0.1, 0.15) is 44.2 Å². The predicted molar refractivity (Wildman–Crippen MR) is 148 cm³/mol. The third-order valence-electron chi connectivity index (χ3n) is 7.33. The van der Waals surface area contributed by atoms with Crippen molar-refractivity contribution >= 4 is 28.5 Å². The zero-order valence-electron chi connectivity index (χ0n) is 22.3. The van der Waals surface area contributed by atoms with Crippen molar-refractivity contribution in [2.75, 3.05) is 18.3 Å². The van der Waals surface area contributed by atoms with E-state index in [1.807, 2.05) is 55.5 Å². The SMILES string of the molecule is CCOc1ccccc1C(C(=O)NC1CCCC1)N(C(=O)Cn1nnc2ccccc21)c1ccc2c(c1)OCO2. The first-order valence-corrected chi connectivity index (χ1v) is 13.6. The van der Waals surface area contributed by atoms with Crippen LogP contribution in [0.15, 0.2) is 66.7 Å². The molecule has 206 valence electrons. The molecule has 40 heavy (non-hydrogen) atoms. The molecule has 0 spiro atoms. The number of amides is 2. The fraction of sp³-hybridized carbons (Fsp3) is 0.333. The molecule has 10 heteroatoms. The summed E-state index contributed by atoms with van der Waals surface area (Å²) in [5, 5.41) is 11.6. The van der Waals surface area contributed by atoms with Gasteiger partial charge in [0.15, 0.2) is 11.5 Å². The summed E-state index contributed by atoms with van der Waals surface area (Å²) in [5.41, 5.74) is 2.50. The Morgan fingerprint density at radius 3 is 2.67 bits per heavy atom. The maximum absolute atomic E-state index is 14.3. The van der Waals surface area contributed by atoms with Crippen LogP contribution in [0.4, 0.5) is 5.69 Å². The van der Waals surface area contributed by atoms with Crippen LogP contribution < -0.4 is 24.4 Å². The first-order chi connectivity index (χ1) is 19.6. The monoisotopic (exact) mass is 541 g/mol. The molecule has 2 heterocycles. The molecule has 1 aliphatic carbocycles. The smallest absolute Gasteiger partial charge is 0.249 e. The molecule has 10 nitrogen and oxygen atoms in total. The lowest BCUT2D eigenvalue weighted by Gasteiger charge is -2.33. The summed E-state index contributed by atoms with van der Waals surface area (Å²) in [4.78, 5) is 30.0. The highest BCUT2D eigenvalue weighted by molar-refractivity contribution is 6.02. The fourth-order valence-corrected chi connectivity index (χ4v) is 5.45. The Balaban J connectivity index is 1.46. The van der Waals surface area contributed by atoms with E-state index in [1.54, 1.807) is 22.9 Å². The average molecular weight is 542 g/mol. The molecule has 1 atom stereocenters. The largest absolute Gasteiger partial charge is 0.493 e. The fourth-order valence-electron chi connectivity index (χ4n) is 5.45. The second-order valence-corrected chi connectivity index (χ2v) is 9.90. The minimum atomic E-state index is -1.01. The highest BCUT2D eigenvalue weighted by Gasteiger charge is 2.37. The molecule has 1 unspecified atom stereocenters. The number of carbonyl (C=O) groups is 2. The first-order valence-electron chi connectivity index (χ1n) is 13.6. The van der Waals surface area contributed by atoms with Crippen molar-refractivity contribution in [3.8, 4) is 17.2 Å². The number of benzene rings is 3. The molecule has 4 aromatic rings. The lowest BCUT2D eigenvalue weighted by molar-refractivity contribution is -0.127. The topological polar surface area (TPSA) is 108 Å². The highest BCUT2D eigenvalue weighted by atomic mass is 16.7. The van der Waals surface area contributed by atoms with Crippen LogP contribution in [-0.4, -0.2) is 46.2 Å². The first kappa shape index (κ1) is 25.7. The van der Waals surface area contributed by atoms with Crippen molar-refractivity contribution in [2.45, 2.75) is 51.2 Å². The lowest BCUT2D eigenvalue weighted by Crippen LogP contribution is -2.47. The quantitative estimate of drug-likeness (QED) is 0.335. The van der Waals surface area contributed by atoms with Crippen LogP contribution in [0.3, 0.4) is 0 Å². The van der Waals surface area contributed by atoms with E-state index in [2.05, 4.69) is 15.6 Å². The van der Waals surface area contributed by atoms with Crippen LogP contribution in [0, 0.1) is 0 Å². The molecule has 0 bridgehead atoms. The number of aromatic nitrogens is 3. The Morgan fingerprint density at radius 1 is 1.05 bits per heavy atom. The summed E-state index contributed by atoms with van der Waals surface area (Å²) < 4.78 is 18.7. The Bertz CT molecular complexity index is 1530. The van der Waals surface area contributed by atoms with Gasteiger partial charge in [-0.25, -0.2) is 4.68 Å². The van der Waals surface area contributed by atoms with Gasteiger partial charge in [0, 0.05) is 23.4 Å². The van der Waals surface area contributed by atoms with Crippen molar-refractivity contribution in [1.82, 2.24) is 20.3 Å². The summed E-state index contributed by atoms with van der Waals surface area (Å²) in [7, 11) is 0. The molecule has 3 aromatic carbocycles. The molecule has 2 amide bonds. The zero-order chi connectivity index (χ0) is 27.5. The van der Waals surface area contributed by atoms with E-state index in [-0.39, 0.29) is 31.2 Å². The Kier molecular flexibility index (Phi) is 7.22. The summed E-state index contributed by atoms with van der Waals surface area (Å²) >= 11 is 0. The predicted octanol–water partition coefficient (Wildman–Crippen LogP) is 4.39. The Hall–Kier alpha value is -4.60. The zero-order valence-corrected chi connectivity index (χ0v) is 22.3. The van der Waals surface area contributed by atoms with Crippen molar-refractivity contribution in [2.24, 2.45) is 0 Å². The molecular weight excluding hydrogens is 510 g/mol. The summed E-state index contributed by atoms with van der Waals surface area (Å²) in [6.07, 6.45) is 3.95. The Morgan fingerprint density at radius 2 is 1.82 bits per heavy atom. The molecule has 2 aliphatic rings. The number of nitrogens with one attached hydrogen (secondary N) is 1.